The number of rotatable bonds is 6. The summed E-state index contributed by atoms with van der Waals surface area (Å²) in [6.07, 6.45) is 4.77. The summed E-state index contributed by atoms with van der Waals surface area (Å²) in [5.41, 5.74) is 5.74. The molecule has 1 saturated heterocycles. The van der Waals surface area contributed by atoms with Gasteiger partial charge >= 0.3 is 0 Å². The number of hydrogen-bond donors (Lipinski definition) is 0. The molecule has 0 spiro atoms. The summed E-state index contributed by atoms with van der Waals surface area (Å²) in [6.45, 7) is 3.25. The second kappa shape index (κ2) is 9.77. The lowest BCUT2D eigenvalue weighted by Crippen LogP contribution is -2.27. The first-order valence-electron chi connectivity index (χ1n) is 13.0. The Hall–Kier alpha value is -3.76. The zero-order chi connectivity index (χ0) is 27.3. The quantitative estimate of drug-likeness (QED) is 0.304. The molecule has 1 fully saturated rings. The Morgan fingerprint density at radius 1 is 1.10 bits per heavy atom. The lowest BCUT2D eigenvalue weighted by molar-refractivity contribution is 0.0552. The zero-order valence-corrected chi connectivity index (χ0v) is 23.3. The summed E-state index contributed by atoms with van der Waals surface area (Å²) in [5, 5.41) is 9.11. The third-order valence-electron chi connectivity index (χ3n) is 7.73. The summed E-state index contributed by atoms with van der Waals surface area (Å²) >= 11 is 0. The Balaban J connectivity index is 1.79. The molecule has 9 nitrogen and oxygen atoms in total. The number of methoxy groups -OCH3 is 1. The molecule has 2 aromatic carbocycles. The number of hydrogen-bond acceptors (Lipinski definition) is 7. The molecule has 0 radical (unpaired) electrons. The third kappa shape index (κ3) is 4.28. The van der Waals surface area contributed by atoms with E-state index in [1.165, 1.54) is 6.26 Å². The van der Waals surface area contributed by atoms with Gasteiger partial charge < -0.3 is 14.0 Å². The fourth-order valence-electron chi connectivity index (χ4n) is 6.03. The summed E-state index contributed by atoms with van der Waals surface area (Å²) in [7, 11) is -0.133. The SMILES string of the molecule is COc1ccc(S(C)(=O)=O)c2c1c1ncc(-c3c(C)nnn3C)cc1n2[C@H](c1ccccc1)C1CCOCC1. The molecule has 0 unspecified atom stereocenters. The number of sulfone groups is 1. The van der Waals surface area contributed by atoms with E-state index in [-0.39, 0.29) is 16.9 Å². The molecule has 5 aromatic rings. The van der Waals surface area contributed by atoms with E-state index in [4.69, 9.17) is 14.5 Å². The maximum atomic E-state index is 13.2. The molecule has 0 amide bonds. The molecule has 39 heavy (non-hydrogen) atoms. The van der Waals surface area contributed by atoms with Crippen LogP contribution in [-0.4, -0.2) is 59.5 Å². The number of benzene rings is 2. The van der Waals surface area contributed by atoms with Gasteiger partial charge in [-0.3, -0.25) is 4.98 Å². The van der Waals surface area contributed by atoms with Crippen LogP contribution in [0, 0.1) is 12.8 Å². The molecule has 6 rings (SSSR count). The molecule has 202 valence electrons. The van der Waals surface area contributed by atoms with E-state index in [2.05, 4.69) is 33.1 Å². The molecule has 4 heterocycles. The second-order valence-electron chi connectivity index (χ2n) is 10.2. The van der Waals surface area contributed by atoms with E-state index in [0.717, 1.165) is 40.9 Å². The van der Waals surface area contributed by atoms with Gasteiger partial charge in [-0.15, -0.1) is 5.10 Å². The first-order chi connectivity index (χ1) is 18.8. The largest absolute Gasteiger partial charge is 0.496 e. The van der Waals surface area contributed by atoms with Crippen LogP contribution in [-0.2, 0) is 21.6 Å². The third-order valence-corrected chi connectivity index (χ3v) is 8.86. The molecule has 10 heteroatoms. The van der Waals surface area contributed by atoms with Crippen LogP contribution in [0.2, 0.25) is 0 Å². The lowest BCUT2D eigenvalue weighted by atomic mass is 9.86. The molecule has 1 aliphatic heterocycles. The fourth-order valence-corrected chi connectivity index (χ4v) is 6.90. The molecule has 1 aliphatic rings. The number of ether oxygens (including phenoxy) is 2. The van der Waals surface area contributed by atoms with Crippen LogP contribution in [0.1, 0.15) is 30.1 Å². The normalized spacial score (nSPS) is 15.7. The van der Waals surface area contributed by atoms with E-state index in [0.29, 0.717) is 35.4 Å². The van der Waals surface area contributed by atoms with E-state index < -0.39 is 9.84 Å². The van der Waals surface area contributed by atoms with Crippen LogP contribution >= 0.6 is 0 Å². The number of aryl methyl sites for hydroxylation is 2. The van der Waals surface area contributed by atoms with Crippen molar-refractivity contribution in [2.45, 2.75) is 30.7 Å². The molecular formula is C29H31N5O4S. The van der Waals surface area contributed by atoms with E-state index >= 15 is 0 Å². The average molecular weight is 546 g/mol. The smallest absolute Gasteiger partial charge is 0.177 e. The van der Waals surface area contributed by atoms with Crippen LogP contribution in [0.4, 0.5) is 0 Å². The van der Waals surface area contributed by atoms with Gasteiger partial charge in [0.2, 0.25) is 0 Å². The Morgan fingerprint density at radius 3 is 2.49 bits per heavy atom. The second-order valence-corrected chi connectivity index (χ2v) is 12.2. The van der Waals surface area contributed by atoms with Crippen LogP contribution in [0.25, 0.3) is 33.2 Å². The molecular weight excluding hydrogens is 514 g/mol. The van der Waals surface area contributed by atoms with Crippen LogP contribution in [0.15, 0.2) is 59.6 Å². The maximum Gasteiger partial charge on any atom is 0.177 e. The van der Waals surface area contributed by atoms with Gasteiger partial charge in [0.15, 0.2) is 9.84 Å². The lowest BCUT2D eigenvalue weighted by Gasteiger charge is -2.33. The highest BCUT2D eigenvalue weighted by Gasteiger charge is 2.33. The van der Waals surface area contributed by atoms with E-state index in [1.54, 1.807) is 30.1 Å². The molecule has 0 bridgehead atoms. The van der Waals surface area contributed by atoms with Gasteiger partial charge in [-0.2, -0.15) is 0 Å². The molecule has 3 aromatic heterocycles. The number of pyridine rings is 1. The highest BCUT2D eigenvalue weighted by molar-refractivity contribution is 7.91. The van der Waals surface area contributed by atoms with Gasteiger partial charge in [0.25, 0.3) is 0 Å². The number of fused-ring (bicyclic) bond motifs is 3. The highest BCUT2D eigenvalue weighted by atomic mass is 32.2. The van der Waals surface area contributed by atoms with Gasteiger partial charge in [-0.25, -0.2) is 13.1 Å². The van der Waals surface area contributed by atoms with Crippen molar-refractivity contribution in [1.29, 1.82) is 0 Å². The van der Waals surface area contributed by atoms with E-state index in [9.17, 15) is 8.42 Å². The van der Waals surface area contributed by atoms with Gasteiger partial charge in [-0.1, -0.05) is 35.5 Å². The fraction of sp³-hybridized carbons (Fsp3) is 0.345. The van der Waals surface area contributed by atoms with Gasteiger partial charge in [0, 0.05) is 38.3 Å². The standard InChI is InChI=1S/C29H31N5O4S/c1-18-27(33(2)32-31-18)21-16-22-26(30-17-21)25-23(37-3)10-11-24(39(4,35)36)29(25)34(22)28(19-8-6-5-7-9-19)20-12-14-38-15-13-20/h5-11,16-17,20,28H,12-15H2,1-4H3/t28-/m1/s1. The van der Waals surface area contributed by atoms with Crippen molar-refractivity contribution in [1.82, 2.24) is 24.5 Å². The molecule has 0 aliphatic carbocycles. The minimum absolute atomic E-state index is 0.148. The topological polar surface area (TPSA) is 101 Å². The molecule has 0 N–H and O–H groups in total. The predicted molar refractivity (Wildman–Crippen MR) is 150 cm³/mol. The monoisotopic (exact) mass is 545 g/mol. The van der Waals surface area contributed by atoms with Crippen molar-refractivity contribution >= 4 is 31.8 Å². The van der Waals surface area contributed by atoms with Crippen molar-refractivity contribution in [3.8, 4) is 17.0 Å². The number of aromatic nitrogens is 5. The minimum atomic E-state index is -3.59. The summed E-state index contributed by atoms with van der Waals surface area (Å²) in [5.74, 6) is 0.806. The van der Waals surface area contributed by atoms with E-state index in [1.807, 2.05) is 32.2 Å². The van der Waals surface area contributed by atoms with Crippen LogP contribution in [0.3, 0.4) is 0 Å². The summed E-state index contributed by atoms with van der Waals surface area (Å²) < 4.78 is 41.9. The minimum Gasteiger partial charge on any atom is -0.496 e. The van der Waals surface area contributed by atoms with Crippen molar-refractivity contribution in [2.75, 3.05) is 26.6 Å². The summed E-state index contributed by atoms with van der Waals surface area (Å²) in [6, 6.07) is 15.6. The summed E-state index contributed by atoms with van der Waals surface area (Å²) in [4.78, 5) is 5.19. The highest BCUT2D eigenvalue weighted by Crippen LogP contribution is 2.45. The predicted octanol–water partition coefficient (Wildman–Crippen LogP) is 4.72. The maximum absolute atomic E-state index is 13.2. The molecule has 0 saturated carbocycles. The van der Waals surface area contributed by atoms with Crippen molar-refractivity contribution in [3.05, 3.63) is 66.0 Å². The van der Waals surface area contributed by atoms with Crippen molar-refractivity contribution < 1.29 is 17.9 Å². The Morgan fingerprint density at radius 2 is 1.85 bits per heavy atom. The van der Waals surface area contributed by atoms with Crippen LogP contribution < -0.4 is 4.74 Å². The van der Waals surface area contributed by atoms with Crippen molar-refractivity contribution in [2.24, 2.45) is 13.0 Å². The van der Waals surface area contributed by atoms with Crippen LogP contribution in [0.5, 0.6) is 5.75 Å². The molecule has 1 atom stereocenters. The average Bonchev–Trinajstić information content (AvgIpc) is 3.45. The first kappa shape index (κ1) is 25.5. The zero-order valence-electron chi connectivity index (χ0n) is 22.5. The first-order valence-corrected chi connectivity index (χ1v) is 14.9. The number of nitrogens with zero attached hydrogens (tertiary/aromatic N) is 5. The van der Waals surface area contributed by atoms with Gasteiger partial charge in [0.05, 0.1) is 51.4 Å². The van der Waals surface area contributed by atoms with Gasteiger partial charge in [-0.05, 0) is 49.4 Å². The van der Waals surface area contributed by atoms with Gasteiger partial charge in [0.1, 0.15) is 5.75 Å². The van der Waals surface area contributed by atoms with Crippen molar-refractivity contribution in [3.63, 3.8) is 0 Å². The Kier molecular flexibility index (Phi) is 6.39. The Bertz CT molecular complexity index is 1770. The Labute approximate surface area is 227 Å².